The number of quaternary nitrogens is 1. The highest BCUT2D eigenvalue weighted by atomic mass is 33.1. The lowest BCUT2D eigenvalue weighted by Crippen LogP contribution is -2.50. The standard InChI is InChI=1S/C61H76BF2N7O9S2/c1-9-43(61(74)67-31-12-10-18-59(73)65-32-34-80-58-41-56(70(75)76)51(39-57(58)79-8)42(2)16-15-35-81-82-60-19-11-13-30-66-60)36-48(72)25-20-47-38-53(45-23-28-50(78-7)29-24-45)69-55(47)40-54-46(17-14-33-71(3,4)5)37-52(68(54)62(69,63)64)44-21-26-49(77-6)27-22-44/h11,13,19,21-24,26-30,37-43H,9-10,12,14-18,20,25,31-36H2,1-8H3,(H-,65,67,73,74)/p+1. The molecule has 0 saturated carbocycles. The fraction of sp³-hybridized carbons (Fsp3) is 0.426. The van der Waals surface area contributed by atoms with Crippen LogP contribution in [-0.4, -0.2) is 128 Å². The van der Waals surface area contributed by atoms with E-state index in [9.17, 15) is 24.5 Å². The van der Waals surface area contributed by atoms with Gasteiger partial charge in [-0.1, -0.05) is 30.7 Å². The van der Waals surface area contributed by atoms with E-state index in [1.165, 1.54) is 17.7 Å². The molecule has 2 aromatic heterocycles. The summed E-state index contributed by atoms with van der Waals surface area (Å²) < 4.78 is 60.9. The Morgan fingerprint density at radius 3 is 2.21 bits per heavy atom. The first-order chi connectivity index (χ1) is 39.3. The average molecular weight is 1170 g/mol. The molecule has 21 heteroatoms. The van der Waals surface area contributed by atoms with Crippen molar-refractivity contribution in [2.45, 2.75) is 95.4 Å². The van der Waals surface area contributed by atoms with Gasteiger partial charge in [-0.05, 0) is 146 Å². The van der Waals surface area contributed by atoms with Gasteiger partial charge in [-0.25, -0.2) is 4.98 Å². The van der Waals surface area contributed by atoms with E-state index in [1.54, 1.807) is 103 Å². The van der Waals surface area contributed by atoms with Crippen LogP contribution in [0.3, 0.4) is 0 Å². The zero-order valence-corrected chi connectivity index (χ0v) is 50.0. The second-order valence-corrected chi connectivity index (χ2v) is 24.1. The molecule has 0 aliphatic carbocycles. The maximum Gasteiger partial charge on any atom is 0.737 e. The molecule has 3 aromatic carbocycles. The van der Waals surface area contributed by atoms with Gasteiger partial charge in [0.2, 0.25) is 11.8 Å². The molecule has 4 heterocycles. The third-order valence-electron chi connectivity index (χ3n) is 14.8. The van der Waals surface area contributed by atoms with Crippen molar-refractivity contribution < 1.29 is 55.9 Å². The third-order valence-corrected chi connectivity index (χ3v) is 17.1. The van der Waals surface area contributed by atoms with E-state index in [2.05, 4.69) is 36.8 Å². The van der Waals surface area contributed by atoms with Crippen molar-refractivity contribution in [1.82, 2.24) is 20.1 Å². The minimum atomic E-state index is -4.47. The van der Waals surface area contributed by atoms with Crippen LogP contribution in [0.1, 0.15) is 106 Å². The molecule has 2 N–H and O–H groups in total. The lowest BCUT2D eigenvalue weighted by atomic mass is 9.87. The van der Waals surface area contributed by atoms with Crippen molar-refractivity contribution >= 4 is 63.6 Å². The molecule has 2 amide bonds. The number of nitrogens with one attached hydrogen (secondary N) is 2. The van der Waals surface area contributed by atoms with Crippen LogP contribution in [0, 0.1) is 16.0 Å². The summed E-state index contributed by atoms with van der Waals surface area (Å²) in [5, 5.41) is 18.8. The van der Waals surface area contributed by atoms with Crippen LogP contribution in [0.25, 0.3) is 17.3 Å². The monoisotopic (exact) mass is 1160 g/mol. The van der Waals surface area contributed by atoms with Crippen LogP contribution in [0.4, 0.5) is 14.3 Å². The summed E-state index contributed by atoms with van der Waals surface area (Å²) >= 11 is 0. The first-order valence-electron chi connectivity index (χ1n) is 28.1. The molecule has 0 radical (unpaired) electrons. The van der Waals surface area contributed by atoms with Gasteiger partial charge in [-0.15, -0.1) is 0 Å². The summed E-state index contributed by atoms with van der Waals surface area (Å²) in [6, 6.07) is 24.9. The zero-order chi connectivity index (χ0) is 59.0. The predicted molar refractivity (Wildman–Crippen MR) is 322 cm³/mol. The van der Waals surface area contributed by atoms with Gasteiger partial charge >= 0.3 is 6.97 Å². The summed E-state index contributed by atoms with van der Waals surface area (Å²) in [6.07, 6.45) is 10.2. The van der Waals surface area contributed by atoms with Crippen LogP contribution in [0.2, 0.25) is 0 Å². The van der Waals surface area contributed by atoms with E-state index >= 15 is 8.63 Å². The number of nitro benzene ring substituents is 1. The molecule has 5 aromatic rings. The minimum Gasteiger partial charge on any atom is -0.497 e. The van der Waals surface area contributed by atoms with Crippen LogP contribution < -0.4 is 29.6 Å². The molecule has 7 rings (SSSR count). The van der Waals surface area contributed by atoms with Crippen LogP contribution in [0.5, 0.6) is 23.0 Å². The molecule has 2 aliphatic rings. The molecule has 0 saturated heterocycles. The largest absolute Gasteiger partial charge is 0.737 e. The summed E-state index contributed by atoms with van der Waals surface area (Å²) in [5.41, 5.74) is 4.66. The average Bonchev–Trinajstić information content (AvgIpc) is 2.14. The van der Waals surface area contributed by atoms with Crippen molar-refractivity contribution in [2.24, 2.45) is 5.92 Å². The first-order valence-corrected chi connectivity index (χ1v) is 30.4. The third kappa shape index (κ3) is 16.4. The number of ketones is 1. The molecule has 2 unspecified atom stereocenters. The molecule has 0 spiro atoms. The van der Waals surface area contributed by atoms with Gasteiger partial charge in [0.25, 0.3) is 5.69 Å². The highest BCUT2D eigenvalue weighted by molar-refractivity contribution is 8.76. The summed E-state index contributed by atoms with van der Waals surface area (Å²) in [5.74, 6) is 1.35. The number of hydrogen-bond donors (Lipinski definition) is 2. The summed E-state index contributed by atoms with van der Waals surface area (Å²) in [7, 11) is 14.2. The highest BCUT2D eigenvalue weighted by Gasteiger charge is 2.55. The Kier molecular flexibility index (Phi) is 22.4. The number of allylic oxidation sites excluding steroid dienone is 2. The van der Waals surface area contributed by atoms with Crippen LogP contribution in [0.15, 0.2) is 113 Å². The van der Waals surface area contributed by atoms with E-state index in [0.717, 1.165) is 51.1 Å². The van der Waals surface area contributed by atoms with Crippen molar-refractivity contribution in [1.29, 1.82) is 0 Å². The maximum atomic E-state index is 17.8. The topological polar surface area (TPSA) is 176 Å². The lowest BCUT2D eigenvalue weighted by molar-refractivity contribution is -0.870. The predicted octanol–water partition coefficient (Wildman–Crippen LogP) is 11.7. The SMILES string of the molecule is CCC(CC(=O)CCC1=CC(c2ccc(OC)cc2)=[N+]2C1=Cc1c(CCC[N+](C)(C)C)cc(-c3ccc(OC)cc3)n1[B-]2(F)F)C(=O)NCCCCC(=O)NCCOc1cc([N+](=O)[O-])c(C(C)CCCSSc2ccccn2)cc1OC. The number of rotatable bonds is 33. The number of nitro groups is 1. The number of carbonyl (C=O) groups is 3. The number of carbonyl (C=O) groups excluding carboxylic acids is 3. The van der Waals surface area contributed by atoms with E-state index in [4.69, 9.17) is 18.9 Å². The van der Waals surface area contributed by atoms with Crippen molar-refractivity contribution in [3.8, 4) is 34.3 Å². The van der Waals surface area contributed by atoms with Gasteiger partial charge in [0, 0.05) is 90.3 Å². The Morgan fingerprint density at radius 1 is 0.841 bits per heavy atom. The van der Waals surface area contributed by atoms with E-state index in [0.29, 0.717) is 94.5 Å². The molecule has 16 nitrogen and oxygen atoms in total. The molecule has 2 atom stereocenters. The maximum absolute atomic E-state index is 17.8. The Labute approximate surface area is 488 Å². The number of benzene rings is 3. The smallest absolute Gasteiger partial charge is 0.497 e. The Bertz CT molecular complexity index is 3130. The van der Waals surface area contributed by atoms with Gasteiger partial charge in [-0.2, -0.15) is 0 Å². The van der Waals surface area contributed by atoms with E-state index in [-0.39, 0.29) is 73.8 Å². The minimum absolute atomic E-state index is 0.00202. The molecule has 0 bridgehead atoms. The fourth-order valence-corrected chi connectivity index (χ4v) is 12.3. The number of pyridine rings is 1. The number of aromatic nitrogens is 2. The van der Waals surface area contributed by atoms with Crippen LogP contribution >= 0.6 is 21.6 Å². The number of fused-ring (bicyclic) bond motifs is 2. The van der Waals surface area contributed by atoms with E-state index in [1.807, 2.05) is 44.2 Å². The van der Waals surface area contributed by atoms with E-state index < -0.39 is 17.8 Å². The highest BCUT2D eigenvalue weighted by Crippen LogP contribution is 2.44. The lowest BCUT2D eigenvalue weighted by Gasteiger charge is -2.32. The number of hydrogen-bond acceptors (Lipinski definition) is 12. The van der Waals surface area contributed by atoms with Gasteiger partial charge in [-0.3, -0.25) is 24.5 Å². The Morgan fingerprint density at radius 2 is 1.56 bits per heavy atom. The summed E-state index contributed by atoms with van der Waals surface area (Å²) in [4.78, 5) is 56.0. The molecule has 82 heavy (non-hydrogen) atoms. The summed E-state index contributed by atoms with van der Waals surface area (Å²) in [6.45, 7) is 0.721. The number of aryl methyl sites for hydroxylation is 1. The van der Waals surface area contributed by atoms with Gasteiger partial charge in [0.15, 0.2) is 22.9 Å². The molecule has 2 aliphatic heterocycles. The van der Waals surface area contributed by atoms with Crippen molar-refractivity contribution in [2.75, 3.05) is 74.5 Å². The fourth-order valence-electron chi connectivity index (χ4n) is 10.3. The van der Waals surface area contributed by atoms with Gasteiger partial charge < -0.3 is 51.7 Å². The zero-order valence-electron chi connectivity index (χ0n) is 48.3. The van der Waals surface area contributed by atoms with Crippen molar-refractivity contribution in [3.05, 3.63) is 141 Å². The number of methoxy groups -OCH3 is 3. The number of Topliss-reactive ketones (excluding diaryl/α,β-unsaturated/α-hetero) is 1. The number of nitrogens with zero attached hydrogens (tertiary/aromatic N) is 5. The van der Waals surface area contributed by atoms with Gasteiger partial charge in [0.05, 0.1) is 66.6 Å². The quantitative estimate of drug-likeness (QED) is 0.0102. The number of unbranched alkanes of at least 4 members (excludes halogenated alkanes) is 1. The van der Waals surface area contributed by atoms with Crippen molar-refractivity contribution in [3.63, 3.8) is 0 Å². The molecular weight excluding hydrogens is 1090 g/mol. The first kappa shape index (κ1) is 62.6. The second-order valence-electron chi connectivity index (χ2n) is 21.7. The molecule has 0 fully saturated rings. The van der Waals surface area contributed by atoms with Gasteiger partial charge in [0.1, 0.15) is 28.9 Å². The number of halogens is 2. The Hall–Kier alpha value is -6.97. The number of amides is 2. The second kappa shape index (κ2) is 29.3. The normalized spacial score (nSPS) is 14.2. The number of ether oxygens (including phenoxy) is 4. The molecular formula is C61H77BF2N7O9S2+. The Balaban J connectivity index is 0.901. The van der Waals surface area contributed by atoms with Crippen LogP contribution in [-0.2, 0) is 20.8 Å². The molecule has 438 valence electrons.